The first-order valence-corrected chi connectivity index (χ1v) is 6.79. The topological polar surface area (TPSA) is 30.9 Å². The number of hydrogen-bond donors (Lipinski definition) is 1. The van der Waals surface area contributed by atoms with E-state index in [0.717, 1.165) is 25.8 Å². The molecule has 2 nitrogen and oxygen atoms in total. The summed E-state index contributed by atoms with van der Waals surface area (Å²) >= 11 is 0. The number of aryl methyl sites for hydroxylation is 1. The van der Waals surface area contributed by atoms with Crippen molar-refractivity contribution in [3.8, 4) is 11.8 Å². The van der Waals surface area contributed by atoms with Crippen LogP contribution >= 0.6 is 0 Å². The van der Waals surface area contributed by atoms with Crippen LogP contribution in [0.3, 0.4) is 0 Å². The maximum atomic E-state index is 6.32. The van der Waals surface area contributed by atoms with Gasteiger partial charge in [0.25, 0.3) is 0 Å². The van der Waals surface area contributed by atoms with Crippen molar-refractivity contribution in [1.29, 1.82) is 0 Å². The van der Waals surface area contributed by atoms with Crippen LogP contribution in [-0.2, 0) is 13.0 Å². The van der Waals surface area contributed by atoms with Gasteiger partial charge in [-0.2, -0.15) is 0 Å². The zero-order valence-corrected chi connectivity index (χ0v) is 12.0. The highest BCUT2D eigenvalue weighted by atomic mass is 15.0. The summed E-state index contributed by atoms with van der Waals surface area (Å²) in [5.74, 6) is 6.12. The molecule has 1 atom stereocenters. The van der Waals surface area contributed by atoms with Crippen LogP contribution in [0.15, 0.2) is 6.07 Å². The van der Waals surface area contributed by atoms with Gasteiger partial charge in [0.2, 0.25) is 0 Å². The van der Waals surface area contributed by atoms with Gasteiger partial charge in [-0.25, -0.2) is 0 Å². The molecule has 0 saturated heterocycles. The lowest BCUT2D eigenvalue weighted by Gasteiger charge is -2.34. The van der Waals surface area contributed by atoms with Crippen LogP contribution in [0.4, 0.5) is 0 Å². The molecule has 0 aromatic carbocycles. The highest BCUT2D eigenvalue weighted by Crippen LogP contribution is 2.40. The zero-order chi connectivity index (χ0) is 13.3. The van der Waals surface area contributed by atoms with Crippen LogP contribution in [-0.4, -0.2) is 4.57 Å². The minimum Gasteiger partial charge on any atom is -0.348 e. The summed E-state index contributed by atoms with van der Waals surface area (Å²) in [5, 5.41) is 0. The van der Waals surface area contributed by atoms with Crippen LogP contribution in [0.25, 0.3) is 0 Å². The van der Waals surface area contributed by atoms with Crippen molar-refractivity contribution < 1.29 is 0 Å². The van der Waals surface area contributed by atoms with Crippen LogP contribution in [0, 0.1) is 24.2 Å². The van der Waals surface area contributed by atoms with Crippen molar-refractivity contribution in [3.05, 3.63) is 23.0 Å². The first-order valence-electron chi connectivity index (χ1n) is 6.79. The van der Waals surface area contributed by atoms with Crippen LogP contribution < -0.4 is 5.73 Å². The fourth-order valence-corrected chi connectivity index (χ4v) is 3.11. The maximum absolute atomic E-state index is 6.32. The Kier molecular flexibility index (Phi) is 3.54. The Morgan fingerprint density at radius 1 is 1.50 bits per heavy atom. The average Bonchev–Trinajstić information content (AvgIpc) is 2.56. The highest BCUT2D eigenvalue weighted by Gasteiger charge is 2.32. The van der Waals surface area contributed by atoms with Gasteiger partial charge < -0.3 is 10.3 Å². The Labute approximate surface area is 111 Å². The molecule has 0 amide bonds. The van der Waals surface area contributed by atoms with Crippen LogP contribution in [0.1, 0.15) is 56.6 Å². The lowest BCUT2D eigenvalue weighted by molar-refractivity contribution is 0.275. The molecule has 18 heavy (non-hydrogen) atoms. The molecule has 98 valence electrons. The van der Waals surface area contributed by atoms with E-state index in [1.54, 1.807) is 0 Å². The minimum atomic E-state index is 0.195. The Bertz CT molecular complexity index is 497. The first kappa shape index (κ1) is 13.2. The molecule has 2 heteroatoms. The molecule has 2 rings (SSSR count). The third kappa shape index (κ3) is 2.47. The number of hydrogen-bond acceptors (Lipinski definition) is 1. The monoisotopic (exact) mass is 244 g/mol. The Hall–Kier alpha value is -1.20. The third-order valence-electron chi connectivity index (χ3n) is 3.90. The molecule has 0 fully saturated rings. The molecule has 0 bridgehead atoms. The van der Waals surface area contributed by atoms with Crippen molar-refractivity contribution in [2.24, 2.45) is 11.1 Å². The van der Waals surface area contributed by atoms with E-state index in [-0.39, 0.29) is 6.04 Å². The number of nitrogens with zero attached hydrogens (tertiary/aromatic N) is 1. The van der Waals surface area contributed by atoms with Crippen molar-refractivity contribution in [1.82, 2.24) is 4.57 Å². The van der Waals surface area contributed by atoms with Crippen molar-refractivity contribution in [2.45, 2.75) is 59.5 Å². The fraction of sp³-hybridized carbons (Fsp3) is 0.625. The van der Waals surface area contributed by atoms with Gasteiger partial charge in [0.1, 0.15) is 0 Å². The number of aromatic nitrogens is 1. The first-order chi connectivity index (χ1) is 8.44. The normalized spacial score (nSPS) is 21.1. The Morgan fingerprint density at radius 2 is 2.22 bits per heavy atom. The van der Waals surface area contributed by atoms with Gasteiger partial charge in [0.05, 0.1) is 0 Å². The van der Waals surface area contributed by atoms with E-state index in [1.807, 2.05) is 6.92 Å². The predicted octanol–water partition coefficient (Wildman–Crippen LogP) is 3.18. The van der Waals surface area contributed by atoms with Gasteiger partial charge in [0.15, 0.2) is 0 Å². The summed E-state index contributed by atoms with van der Waals surface area (Å²) in [5.41, 5.74) is 10.8. The smallest absolute Gasteiger partial charge is 0.0334 e. The van der Waals surface area contributed by atoms with E-state index < -0.39 is 0 Å². The number of rotatable bonds is 2. The van der Waals surface area contributed by atoms with E-state index in [9.17, 15) is 0 Å². The summed E-state index contributed by atoms with van der Waals surface area (Å²) in [6.45, 7) is 9.70. The summed E-state index contributed by atoms with van der Waals surface area (Å²) in [4.78, 5) is 0. The van der Waals surface area contributed by atoms with Crippen molar-refractivity contribution in [2.75, 3.05) is 0 Å². The van der Waals surface area contributed by atoms with Crippen molar-refractivity contribution >= 4 is 0 Å². The van der Waals surface area contributed by atoms with E-state index in [0.29, 0.717) is 5.41 Å². The summed E-state index contributed by atoms with van der Waals surface area (Å²) in [6, 6.07) is 2.47. The van der Waals surface area contributed by atoms with E-state index in [2.05, 4.69) is 43.2 Å². The van der Waals surface area contributed by atoms with E-state index in [1.165, 1.54) is 17.0 Å². The van der Waals surface area contributed by atoms with E-state index in [4.69, 9.17) is 5.73 Å². The molecule has 2 N–H and O–H groups in total. The third-order valence-corrected chi connectivity index (χ3v) is 3.90. The lowest BCUT2D eigenvalue weighted by atomic mass is 9.74. The predicted molar refractivity (Wildman–Crippen MR) is 76.3 cm³/mol. The lowest BCUT2D eigenvalue weighted by Crippen LogP contribution is -2.30. The molecule has 0 radical (unpaired) electrons. The summed E-state index contributed by atoms with van der Waals surface area (Å²) in [7, 11) is 0. The molecule has 1 aliphatic rings. The minimum absolute atomic E-state index is 0.195. The van der Waals surface area contributed by atoms with Crippen LogP contribution in [0.5, 0.6) is 0 Å². The largest absolute Gasteiger partial charge is 0.348 e. The van der Waals surface area contributed by atoms with Gasteiger partial charge in [-0.15, -0.1) is 11.8 Å². The number of nitrogens with two attached hydrogens (primary N) is 1. The van der Waals surface area contributed by atoms with Gasteiger partial charge in [-0.05, 0) is 43.7 Å². The molecule has 1 aromatic heterocycles. The highest BCUT2D eigenvalue weighted by molar-refractivity contribution is 5.34. The van der Waals surface area contributed by atoms with Crippen molar-refractivity contribution in [3.63, 3.8) is 0 Å². The molecular formula is C16H24N2. The molecule has 1 unspecified atom stereocenters. The summed E-state index contributed by atoms with van der Waals surface area (Å²) in [6.07, 6.45) is 3.13. The number of fused-ring (bicyclic) bond motifs is 1. The standard InChI is InChI=1S/C16H24N2/c1-5-6-7-8-18-12(2)9-13-14(17)10-16(3,4)11-15(13)18/h9,14H,7-8,10-11,17H2,1-4H3. The van der Waals surface area contributed by atoms with Gasteiger partial charge in [0, 0.05) is 30.4 Å². The average molecular weight is 244 g/mol. The van der Waals surface area contributed by atoms with Gasteiger partial charge >= 0.3 is 0 Å². The Morgan fingerprint density at radius 3 is 2.89 bits per heavy atom. The second-order valence-electron chi connectivity index (χ2n) is 6.17. The summed E-state index contributed by atoms with van der Waals surface area (Å²) < 4.78 is 2.42. The molecule has 0 aliphatic heterocycles. The zero-order valence-electron chi connectivity index (χ0n) is 12.0. The molecule has 0 spiro atoms. The second kappa shape index (κ2) is 4.82. The maximum Gasteiger partial charge on any atom is 0.0334 e. The fourth-order valence-electron chi connectivity index (χ4n) is 3.11. The second-order valence-corrected chi connectivity index (χ2v) is 6.17. The molecule has 1 aromatic rings. The molecule has 1 heterocycles. The van der Waals surface area contributed by atoms with Crippen LogP contribution in [0.2, 0.25) is 0 Å². The van der Waals surface area contributed by atoms with Gasteiger partial charge in [-0.1, -0.05) is 13.8 Å². The molecular weight excluding hydrogens is 220 g/mol. The Balaban J connectivity index is 2.34. The molecule has 1 aliphatic carbocycles. The molecule has 0 saturated carbocycles. The quantitative estimate of drug-likeness (QED) is 0.796. The SMILES string of the molecule is CC#CCCn1c(C)cc2c1CC(C)(C)CC2N. The van der Waals surface area contributed by atoms with Gasteiger partial charge in [-0.3, -0.25) is 0 Å². The van der Waals surface area contributed by atoms with E-state index >= 15 is 0 Å².